The molecule has 0 aliphatic carbocycles. The highest BCUT2D eigenvalue weighted by atomic mass is 79.9. The Morgan fingerprint density at radius 1 is 1.07 bits per heavy atom. The van der Waals surface area contributed by atoms with E-state index in [1.54, 1.807) is 24.3 Å². The number of hydrogen-bond acceptors (Lipinski definition) is 5. The molecular formula is C18H21BrN2O5S. The number of methoxy groups -OCH3 is 2. The third-order valence-electron chi connectivity index (χ3n) is 3.73. The number of ether oxygens (including phenoxy) is 2. The van der Waals surface area contributed by atoms with Crippen molar-refractivity contribution in [3.63, 3.8) is 0 Å². The summed E-state index contributed by atoms with van der Waals surface area (Å²) in [6, 6.07) is 11.6. The molecule has 2 aromatic carbocycles. The fraction of sp³-hybridized carbons (Fsp3) is 0.278. The van der Waals surface area contributed by atoms with Crippen molar-refractivity contribution in [3.8, 4) is 11.5 Å². The van der Waals surface area contributed by atoms with Gasteiger partial charge in [0.15, 0.2) is 11.5 Å². The molecule has 0 unspecified atom stereocenters. The van der Waals surface area contributed by atoms with Gasteiger partial charge < -0.3 is 14.8 Å². The van der Waals surface area contributed by atoms with Gasteiger partial charge in [-0.25, -0.2) is 13.1 Å². The lowest BCUT2D eigenvalue weighted by Crippen LogP contribution is -2.30. The van der Waals surface area contributed by atoms with E-state index < -0.39 is 10.0 Å². The topological polar surface area (TPSA) is 93.7 Å². The van der Waals surface area contributed by atoms with Crippen LogP contribution in [-0.4, -0.2) is 35.1 Å². The van der Waals surface area contributed by atoms with Crippen molar-refractivity contribution in [2.75, 3.05) is 20.8 Å². The second-order valence-corrected chi connectivity index (χ2v) is 8.21. The predicted molar refractivity (Wildman–Crippen MR) is 105 cm³/mol. The quantitative estimate of drug-likeness (QED) is 0.604. The van der Waals surface area contributed by atoms with Crippen LogP contribution in [0.5, 0.6) is 11.5 Å². The van der Waals surface area contributed by atoms with E-state index in [2.05, 4.69) is 26.0 Å². The van der Waals surface area contributed by atoms with Crippen molar-refractivity contribution in [1.29, 1.82) is 0 Å². The molecule has 9 heteroatoms. The van der Waals surface area contributed by atoms with Crippen LogP contribution in [0.2, 0.25) is 0 Å². The molecule has 0 saturated heterocycles. The Hall–Kier alpha value is -2.10. The molecule has 0 saturated carbocycles. The van der Waals surface area contributed by atoms with E-state index in [1.165, 1.54) is 26.4 Å². The van der Waals surface area contributed by atoms with E-state index in [4.69, 9.17) is 9.47 Å². The molecule has 0 radical (unpaired) electrons. The Kier molecular flexibility index (Phi) is 7.64. The van der Waals surface area contributed by atoms with Gasteiger partial charge in [0, 0.05) is 29.5 Å². The SMILES string of the molecule is COc1cccc(CNC(=O)CCNS(=O)(=O)c2ccc(Br)cc2)c1OC. The second kappa shape index (κ2) is 9.72. The number of sulfonamides is 1. The molecule has 2 N–H and O–H groups in total. The van der Waals surface area contributed by atoms with Gasteiger partial charge in [0.25, 0.3) is 0 Å². The molecule has 0 aliphatic heterocycles. The molecular weight excluding hydrogens is 436 g/mol. The van der Waals surface area contributed by atoms with Crippen LogP contribution < -0.4 is 19.5 Å². The Balaban J connectivity index is 1.86. The van der Waals surface area contributed by atoms with Gasteiger partial charge in [-0.1, -0.05) is 28.1 Å². The van der Waals surface area contributed by atoms with Crippen molar-refractivity contribution >= 4 is 31.9 Å². The highest BCUT2D eigenvalue weighted by Crippen LogP contribution is 2.30. The van der Waals surface area contributed by atoms with E-state index >= 15 is 0 Å². The zero-order valence-corrected chi connectivity index (χ0v) is 17.4. The van der Waals surface area contributed by atoms with Crippen molar-refractivity contribution in [2.45, 2.75) is 17.9 Å². The van der Waals surface area contributed by atoms with Crippen LogP contribution >= 0.6 is 15.9 Å². The summed E-state index contributed by atoms with van der Waals surface area (Å²) >= 11 is 3.25. The van der Waals surface area contributed by atoms with Gasteiger partial charge in [-0.3, -0.25) is 4.79 Å². The monoisotopic (exact) mass is 456 g/mol. The highest BCUT2D eigenvalue weighted by molar-refractivity contribution is 9.10. The number of halogens is 1. The first kappa shape index (κ1) is 21.2. The fourth-order valence-electron chi connectivity index (χ4n) is 2.37. The molecule has 0 bridgehead atoms. The largest absolute Gasteiger partial charge is 0.493 e. The minimum Gasteiger partial charge on any atom is -0.493 e. The molecule has 2 rings (SSSR count). The molecule has 0 fully saturated rings. The number of rotatable bonds is 9. The summed E-state index contributed by atoms with van der Waals surface area (Å²) < 4.78 is 38.1. The normalized spacial score (nSPS) is 11.1. The average Bonchev–Trinajstić information content (AvgIpc) is 2.66. The summed E-state index contributed by atoms with van der Waals surface area (Å²) in [7, 11) is -0.580. The first-order valence-electron chi connectivity index (χ1n) is 8.09. The summed E-state index contributed by atoms with van der Waals surface area (Å²) in [5.74, 6) is 0.848. The van der Waals surface area contributed by atoms with Crippen molar-refractivity contribution in [1.82, 2.24) is 10.0 Å². The van der Waals surface area contributed by atoms with Gasteiger partial charge in [-0.05, 0) is 30.3 Å². The van der Waals surface area contributed by atoms with Gasteiger partial charge in [0.1, 0.15) is 0 Å². The number of carbonyl (C=O) groups excluding carboxylic acids is 1. The third-order valence-corrected chi connectivity index (χ3v) is 5.73. The minimum absolute atomic E-state index is 0.000520. The van der Waals surface area contributed by atoms with E-state index in [9.17, 15) is 13.2 Å². The second-order valence-electron chi connectivity index (χ2n) is 5.53. The lowest BCUT2D eigenvalue weighted by molar-refractivity contribution is -0.121. The summed E-state index contributed by atoms with van der Waals surface area (Å²) in [6.45, 7) is 0.248. The molecule has 146 valence electrons. The first-order valence-corrected chi connectivity index (χ1v) is 10.4. The predicted octanol–water partition coefficient (Wildman–Crippen LogP) is 2.45. The van der Waals surface area contributed by atoms with Crippen LogP contribution in [0.4, 0.5) is 0 Å². The number of carbonyl (C=O) groups is 1. The summed E-state index contributed by atoms with van der Waals surface area (Å²) in [5.41, 5.74) is 0.764. The van der Waals surface area contributed by atoms with Crippen molar-refractivity contribution in [2.24, 2.45) is 0 Å². The maximum atomic E-state index is 12.2. The molecule has 0 aromatic heterocycles. The highest BCUT2D eigenvalue weighted by Gasteiger charge is 2.14. The minimum atomic E-state index is -3.65. The molecule has 0 heterocycles. The van der Waals surface area contributed by atoms with Crippen LogP contribution in [0, 0.1) is 0 Å². The Morgan fingerprint density at radius 2 is 1.78 bits per heavy atom. The van der Waals surface area contributed by atoms with Crippen molar-refractivity contribution in [3.05, 3.63) is 52.5 Å². The summed E-state index contributed by atoms with van der Waals surface area (Å²) in [6.07, 6.45) is 0.0159. The fourth-order valence-corrected chi connectivity index (χ4v) is 3.67. The van der Waals surface area contributed by atoms with Gasteiger partial charge in [-0.2, -0.15) is 0 Å². The molecule has 0 spiro atoms. The van der Waals surface area contributed by atoms with Gasteiger partial charge >= 0.3 is 0 Å². The zero-order valence-electron chi connectivity index (χ0n) is 15.0. The van der Waals surface area contributed by atoms with Crippen molar-refractivity contribution < 1.29 is 22.7 Å². The van der Waals surface area contributed by atoms with Crippen LogP contribution in [-0.2, 0) is 21.4 Å². The maximum absolute atomic E-state index is 12.2. The lowest BCUT2D eigenvalue weighted by atomic mass is 10.2. The van der Waals surface area contributed by atoms with Crippen LogP contribution in [0.1, 0.15) is 12.0 Å². The van der Waals surface area contributed by atoms with Crippen LogP contribution in [0.25, 0.3) is 0 Å². The summed E-state index contributed by atoms with van der Waals surface area (Å²) in [5, 5.41) is 2.74. The first-order chi connectivity index (χ1) is 12.9. The van der Waals surface area contributed by atoms with Crippen LogP contribution in [0.15, 0.2) is 51.8 Å². The Labute approximate surface area is 167 Å². The molecule has 1 amide bonds. The zero-order chi connectivity index (χ0) is 19.9. The average molecular weight is 457 g/mol. The van der Waals surface area contributed by atoms with E-state index in [0.29, 0.717) is 11.5 Å². The molecule has 0 aliphatic rings. The number of hydrogen-bond donors (Lipinski definition) is 2. The Bertz CT molecular complexity index is 885. The number of benzene rings is 2. The lowest BCUT2D eigenvalue weighted by Gasteiger charge is -2.13. The van der Waals surface area contributed by atoms with E-state index in [0.717, 1.165) is 10.0 Å². The molecule has 7 nitrogen and oxygen atoms in total. The Morgan fingerprint density at radius 3 is 2.41 bits per heavy atom. The van der Waals surface area contributed by atoms with E-state index in [1.807, 2.05) is 6.07 Å². The maximum Gasteiger partial charge on any atom is 0.240 e. The smallest absolute Gasteiger partial charge is 0.240 e. The third kappa shape index (κ3) is 5.95. The molecule has 2 aromatic rings. The number of nitrogens with one attached hydrogen (secondary N) is 2. The molecule has 27 heavy (non-hydrogen) atoms. The molecule has 0 atom stereocenters. The standard InChI is InChI=1S/C18H21BrN2O5S/c1-25-16-5-3-4-13(18(16)26-2)12-20-17(22)10-11-21-27(23,24)15-8-6-14(19)7-9-15/h3-9,21H,10-12H2,1-2H3,(H,20,22). The van der Waals surface area contributed by atoms with Crippen LogP contribution in [0.3, 0.4) is 0 Å². The summed E-state index contributed by atoms with van der Waals surface area (Å²) in [4.78, 5) is 12.2. The van der Waals surface area contributed by atoms with Gasteiger partial charge in [0.2, 0.25) is 15.9 Å². The van der Waals surface area contributed by atoms with Gasteiger partial charge in [0.05, 0.1) is 19.1 Å². The number of para-hydroxylation sites is 1. The number of amides is 1. The van der Waals surface area contributed by atoms with Gasteiger partial charge in [-0.15, -0.1) is 0 Å². The van der Waals surface area contributed by atoms with E-state index in [-0.39, 0.29) is 30.3 Å².